The SMILES string of the molecule is CC[C@@H]1CCCCN1C(=O)[C@@H](C)OC(=O)c1ccccc1CN1C(=O)CNC1=O. The van der Waals surface area contributed by atoms with Crippen molar-refractivity contribution in [1.29, 1.82) is 0 Å². The Labute approximate surface area is 170 Å². The summed E-state index contributed by atoms with van der Waals surface area (Å²) in [5.74, 6) is -1.17. The van der Waals surface area contributed by atoms with Crippen LogP contribution in [0.3, 0.4) is 0 Å². The quantitative estimate of drug-likeness (QED) is 0.582. The second kappa shape index (κ2) is 9.07. The van der Waals surface area contributed by atoms with E-state index in [4.69, 9.17) is 4.74 Å². The lowest BCUT2D eigenvalue weighted by Gasteiger charge is -2.36. The number of hydrogen-bond donors (Lipinski definition) is 1. The average molecular weight is 401 g/mol. The van der Waals surface area contributed by atoms with Crippen molar-refractivity contribution in [3.8, 4) is 0 Å². The molecule has 1 N–H and O–H groups in total. The van der Waals surface area contributed by atoms with Crippen LogP contribution in [0.4, 0.5) is 4.79 Å². The van der Waals surface area contributed by atoms with Crippen molar-refractivity contribution in [3.63, 3.8) is 0 Å². The molecule has 2 aliphatic heterocycles. The van der Waals surface area contributed by atoms with Crippen molar-refractivity contribution >= 4 is 23.8 Å². The van der Waals surface area contributed by atoms with Gasteiger partial charge in [0.25, 0.3) is 5.91 Å². The van der Waals surface area contributed by atoms with Crippen molar-refractivity contribution in [1.82, 2.24) is 15.1 Å². The van der Waals surface area contributed by atoms with Crippen LogP contribution in [0.2, 0.25) is 0 Å². The summed E-state index contributed by atoms with van der Waals surface area (Å²) < 4.78 is 5.47. The van der Waals surface area contributed by atoms with Crippen LogP contribution in [-0.2, 0) is 20.9 Å². The normalized spacial score (nSPS) is 20.4. The second-order valence-corrected chi connectivity index (χ2v) is 7.43. The lowest BCUT2D eigenvalue weighted by molar-refractivity contribution is -0.143. The van der Waals surface area contributed by atoms with E-state index in [-0.39, 0.29) is 36.5 Å². The zero-order valence-corrected chi connectivity index (χ0v) is 16.8. The number of likely N-dealkylation sites (tertiary alicyclic amines) is 1. The number of rotatable bonds is 6. The van der Waals surface area contributed by atoms with Crippen LogP contribution in [0.1, 0.15) is 55.5 Å². The van der Waals surface area contributed by atoms with Crippen LogP contribution in [-0.4, -0.2) is 58.8 Å². The molecule has 0 aliphatic carbocycles. The fourth-order valence-corrected chi connectivity index (χ4v) is 3.87. The van der Waals surface area contributed by atoms with Gasteiger partial charge in [0.1, 0.15) is 0 Å². The van der Waals surface area contributed by atoms with Gasteiger partial charge in [0.05, 0.1) is 18.7 Å². The van der Waals surface area contributed by atoms with Crippen LogP contribution in [0.25, 0.3) is 0 Å². The Kier molecular flexibility index (Phi) is 6.51. The minimum Gasteiger partial charge on any atom is -0.449 e. The van der Waals surface area contributed by atoms with Crippen molar-refractivity contribution in [2.24, 2.45) is 0 Å². The fraction of sp³-hybridized carbons (Fsp3) is 0.524. The van der Waals surface area contributed by atoms with Crippen molar-refractivity contribution < 1.29 is 23.9 Å². The zero-order chi connectivity index (χ0) is 21.0. The number of imide groups is 1. The van der Waals surface area contributed by atoms with Gasteiger partial charge >= 0.3 is 12.0 Å². The maximum absolute atomic E-state index is 12.8. The van der Waals surface area contributed by atoms with E-state index in [9.17, 15) is 19.2 Å². The molecular weight excluding hydrogens is 374 g/mol. The molecule has 8 heteroatoms. The Morgan fingerprint density at radius 1 is 1.24 bits per heavy atom. The van der Waals surface area contributed by atoms with Crippen molar-refractivity contribution in [2.75, 3.05) is 13.1 Å². The molecule has 156 valence electrons. The van der Waals surface area contributed by atoms with Gasteiger partial charge in [-0.25, -0.2) is 9.59 Å². The smallest absolute Gasteiger partial charge is 0.339 e. The van der Waals surface area contributed by atoms with Crippen molar-refractivity contribution in [2.45, 2.75) is 58.2 Å². The summed E-state index contributed by atoms with van der Waals surface area (Å²) in [6.07, 6.45) is 3.00. The van der Waals surface area contributed by atoms with E-state index in [1.54, 1.807) is 31.2 Å². The molecule has 3 rings (SSSR count). The lowest BCUT2D eigenvalue weighted by atomic mass is 9.99. The first-order valence-corrected chi connectivity index (χ1v) is 10.1. The minimum atomic E-state index is -0.903. The van der Waals surface area contributed by atoms with Gasteiger partial charge in [0.15, 0.2) is 6.10 Å². The first-order valence-electron chi connectivity index (χ1n) is 10.1. The Morgan fingerprint density at radius 2 is 2.00 bits per heavy atom. The molecule has 2 heterocycles. The first-order chi connectivity index (χ1) is 13.9. The highest BCUT2D eigenvalue weighted by Crippen LogP contribution is 2.22. The Bertz CT molecular complexity index is 793. The highest BCUT2D eigenvalue weighted by Gasteiger charge is 2.32. The van der Waals surface area contributed by atoms with Gasteiger partial charge in [-0.2, -0.15) is 0 Å². The van der Waals surface area contributed by atoms with Gasteiger partial charge in [-0.05, 0) is 44.2 Å². The summed E-state index contributed by atoms with van der Waals surface area (Å²) in [6, 6.07) is 6.33. The minimum absolute atomic E-state index is 0.0255. The number of nitrogens with one attached hydrogen (secondary N) is 1. The summed E-state index contributed by atoms with van der Waals surface area (Å²) in [5.41, 5.74) is 0.734. The third-order valence-corrected chi connectivity index (χ3v) is 5.52. The number of piperidine rings is 1. The molecule has 2 aliphatic rings. The summed E-state index contributed by atoms with van der Waals surface area (Å²) in [6.45, 7) is 4.25. The molecule has 0 aromatic heterocycles. The Morgan fingerprint density at radius 3 is 2.69 bits per heavy atom. The third-order valence-electron chi connectivity index (χ3n) is 5.52. The molecule has 2 atom stereocenters. The number of benzene rings is 1. The van der Waals surface area contributed by atoms with E-state index in [0.717, 1.165) is 30.6 Å². The van der Waals surface area contributed by atoms with E-state index in [1.165, 1.54) is 0 Å². The largest absolute Gasteiger partial charge is 0.449 e. The lowest BCUT2D eigenvalue weighted by Crippen LogP contribution is -2.48. The standard InChI is InChI=1S/C21H27N3O5/c1-3-16-9-6-7-11-23(16)19(26)14(2)29-20(27)17-10-5-4-8-15(17)13-24-18(25)12-22-21(24)28/h4-5,8,10,14,16H,3,6-7,9,11-13H2,1-2H3,(H,22,28)/t14-,16-/m1/s1. The summed E-state index contributed by atoms with van der Waals surface area (Å²) in [4.78, 5) is 52.1. The monoisotopic (exact) mass is 401 g/mol. The van der Waals surface area contributed by atoms with Gasteiger partial charge in [-0.15, -0.1) is 0 Å². The van der Waals surface area contributed by atoms with Gasteiger partial charge in [-0.1, -0.05) is 25.1 Å². The molecule has 2 fully saturated rings. The van der Waals surface area contributed by atoms with Crippen molar-refractivity contribution in [3.05, 3.63) is 35.4 Å². The average Bonchev–Trinajstić information content (AvgIpc) is 3.05. The van der Waals surface area contributed by atoms with Gasteiger partial charge in [0, 0.05) is 12.6 Å². The van der Waals surface area contributed by atoms with Gasteiger partial charge in [-0.3, -0.25) is 14.5 Å². The van der Waals surface area contributed by atoms with E-state index in [0.29, 0.717) is 12.1 Å². The molecule has 0 saturated carbocycles. The maximum atomic E-state index is 12.8. The number of esters is 1. The van der Waals surface area contributed by atoms with Crippen LogP contribution < -0.4 is 5.32 Å². The van der Waals surface area contributed by atoms with Crippen LogP contribution in [0.5, 0.6) is 0 Å². The predicted octanol–water partition coefficient (Wildman–Crippen LogP) is 2.07. The number of hydrogen-bond acceptors (Lipinski definition) is 5. The van der Waals surface area contributed by atoms with Crippen LogP contribution in [0.15, 0.2) is 24.3 Å². The molecule has 0 radical (unpaired) electrons. The molecule has 0 spiro atoms. The van der Waals surface area contributed by atoms with E-state index >= 15 is 0 Å². The summed E-state index contributed by atoms with van der Waals surface area (Å²) in [5, 5.41) is 2.45. The zero-order valence-electron chi connectivity index (χ0n) is 16.8. The molecule has 4 amide bonds. The van der Waals surface area contributed by atoms with E-state index in [2.05, 4.69) is 12.2 Å². The summed E-state index contributed by atoms with van der Waals surface area (Å²) in [7, 11) is 0. The van der Waals surface area contributed by atoms with E-state index in [1.807, 2.05) is 4.90 Å². The number of urea groups is 1. The van der Waals surface area contributed by atoms with Crippen LogP contribution in [0, 0.1) is 0 Å². The van der Waals surface area contributed by atoms with Crippen LogP contribution >= 0.6 is 0 Å². The first kappa shape index (κ1) is 20.8. The maximum Gasteiger partial charge on any atom is 0.339 e. The van der Waals surface area contributed by atoms with Gasteiger partial charge in [0.2, 0.25) is 5.91 Å². The molecule has 1 aromatic carbocycles. The molecule has 0 unspecified atom stereocenters. The third kappa shape index (κ3) is 4.58. The van der Waals surface area contributed by atoms with E-state index < -0.39 is 18.1 Å². The fourth-order valence-electron chi connectivity index (χ4n) is 3.87. The van der Waals surface area contributed by atoms with Gasteiger partial charge < -0.3 is 15.0 Å². The number of nitrogens with zero attached hydrogens (tertiary/aromatic N) is 2. The Hall–Kier alpha value is -2.90. The number of ether oxygens (including phenoxy) is 1. The molecule has 2 saturated heterocycles. The molecule has 29 heavy (non-hydrogen) atoms. The number of amides is 4. The predicted molar refractivity (Wildman–Crippen MR) is 105 cm³/mol. The second-order valence-electron chi connectivity index (χ2n) is 7.43. The molecule has 0 bridgehead atoms. The molecular formula is C21H27N3O5. The Balaban J connectivity index is 1.69. The number of carbonyl (C=O) groups is 4. The number of carbonyl (C=O) groups excluding carboxylic acids is 4. The molecule has 1 aromatic rings. The highest BCUT2D eigenvalue weighted by molar-refractivity contribution is 6.02. The summed E-state index contributed by atoms with van der Waals surface area (Å²) >= 11 is 0. The molecule has 8 nitrogen and oxygen atoms in total. The highest BCUT2D eigenvalue weighted by atomic mass is 16.5. The topological polar surface area (TPSA) is 96.0 Å².